The molecule has 9 heteroatoms. The van der Waals surface area contributed by atoms with E-state index in [9.17, 15) is 4.39 Å². The van der Waals surface area contributed by atoms with Crippen LogP contribution in [0.1, 0.15) is 16.7 Å². The molecule has 4 aromatic rings. The first-order valence-corrected chi connectivity index (χ1v) is 10.8. The molecule has 0 bridgehead atoms. The molecule has 0 atom stereocenters. The molecule has 2 N–H and O–H groups in total. The average Bonchev–Trinajstić information content (AvgIpc) is 3.31. The van der Waals surface area contributed by atoms with Crippen molar-refractivity contribution in [2.75, 3.05) is 10.6 Å². The smallest absolute Gasteiger partial charge is 0.176 e. The number of benzene rings is 2. The van der Waals surface area contributed by atoms with Gasteiger partial charge in [0.2, 0.25) is 0 Å². The zero-order valence-electron chi connectivity index (χ0n) is 16.7. The largest absolute Gasteiger partial charge is 0.330 e. The third kappa shape index (κ3) is 5.77. The van der Waals surface area contributed by atoms with Gasteiger partial charge >= 0.3 is 0 Å². The minimum atomic E-state index is -0.258. The standard InChI is InChI=1S/C22H20BrFN6S/c1-15-2-4-16(5-3-15)11-29-13-19(10-25-29)26-22(31)27-21-20(23)14-30(28-21)12-17-6-8-18(24)9-7-17/h2-10,13-14H,11-12H2,1H3,(H2,26,27,28,31). The van der Waals surface area contributed by atoms with Gasteiger partial charge in [0.25, 0.3) is 0 Å². The van der Waals surface area contributed by atoms with E-state index in [1.807, 2.05) is 17.1 Å². The van der Waals surface area contributed by atoms with Crippen molar-refractivity contribution in [1.82, 2.24) is 19.6 Å². The van der Waals surface area contributed by atoms with Crippen LogP contribution in [0.15, 0.2) is 71.6 Å². The van der Waals surface area contributed by atoms with Gasteiger partial charge in [-0.15, -0.1) is 0 Å². The Morgan fingerprint density at radius 2 is 1.61 bits per heavy atom. The van der Waals surface area contributed by atoms with E-state index in [0.717, 1.165) is 15.7 Å². The molecule has 31 heavy (non-hydrogen) atoms. The third-order valence-electron chi connectivity index (χ3n) is 4.56. The number of nitrogens with one attached hydrogen (secondary N) is 2. The second kappa shape index (κ2) is 9.40. The first-order valence-electron chi connectivity index (χ1n) is 9.58. The quantitative estimate of drug-likeness (QED) is 0.358. The average molecular weight is 499 g/mol. The Kier molecular flexibility index (Phi) is 6.43. The molecule has 0 unspecified atom stereocenters. The number of hydrogen-bond acceptors (Lipinski definition) is 3. The van der Waals surface area contributed by atoms with Crippen LogP contribution >= 0.6 is 28.1 Å². The fourth-order valence-electron chi connectivity index (χ4n) is 3.00. The highest BCUT2D eigenvalue weighted by Crippen LogP contribution is 2.21. The summed E-state index contributed by atoms with van der Waals surface area (Å²) in [6.07, 6.45) is 5.47. The first kappa shape index (κ1) is 21.2. The van der Waals surface area contributed by atoms with Crippen LogP contribution in [0, 0.1) is 12.7 Å². The predicted octanol–water partition coefficient (Wildman–Crippen LogP) is 5.20. The summed E-state index contributed by atoms with van der Waals surface area (Å²) >= 11 is 8.91. The number of aromatic nitrogens is 4. The monoisotopic (exact) mass is 498 g/mol. The Morgan fingerprint density at radius 1 is 0.968 bits per heavy atom. The summed E-state index contributed by atoms with van der Waals surface area (Å²) in [5, 5.41) is 15.5. The van der Waals surface area contributed by atoms with E-state index in [-0.39, 0.29) is 5.82 Å². The molecule has 2 heterocycles. The number of rotatable bonds is 6. The van der Waals surface area contributed by atoms with Crippen LogP contribution in [-0.2, 0) is 13.1 Å². The molecule has 0 saturated heterocycles. The Morgan fingerprint density at radius 3 is 2.32 bits per heavy atom. The number of aryl methyl sites for hydroxylation is 1. The highest BCUT2D eigenvalue weighted by atomic mass is 79.9. The summed E-state index contributed by atoms with van der Waals surface area (Å²) in [7, 11) is 0. The van der Waals surface area contributed by atoms with Gasteiger partial charge in [-0.25, -0.2) is 4.39 Å². The fraction of sp³-hybridized carbons (Fsp3) is 0.136. The summed E-state index contributed by atoms with van der Waals surface area (Å²) in [5.41, 5.74) is 4.14. The lowest BCUT2D eigenvalue weighted by atomic mass is 10.1. The van der Waals surface area contributed by atoms with E-state index in [1.165, 1.54) is 23.3 Å². The maximum atomic E-state index is 13.1. The maximum absolute atomic E-state index is 13.1. The number of hydrogen-bond donors (Lipinski definition) is 2. The molecule has 0 radical (unpaired) electrons. The van der Waals surface area contributed by atoms with Gasteiger partial charge in [0.15, 0.2) is 10.9 Å². The van der Waals surface area contributed by atoms with E-state index in [2.05, 4.69) is 68.0 Å². The number of thiocarbonyl (C=S) groups is 1. The van der Waals surface area contributed by atoms with Crippen LogP contribution in [0.5, 0.6) is 0 Å². The van der Waals surface area contributed by atoms with Crippen molar-refractivity contribution in [1.29, 1.82) is 0 Å². The molecular weight excluding hydrogens is 479 g/mol. The van der Waals surface area contributed by atoms with E-state index in [1.54, 1.807) is 23.0 Å². The van der Waals surface area contributed by atoms with Crippen LogP contribution < -0.4 is 10.6 Å². The Hall–Kier alpha value is -3.04. The van der Waals surface area contributed by atoms with Crippen molar-refractivity contribution in [3.05, 3.63) is 94.1 Å². The van der Waals surface area contributed by atoms with Crippen LogP contribution in [0.25, 0.3) is 0 Å². The van der Waals surface area contributed by atoms with Gasteiger partial charge in [-0.1, -0.05) is 42.0 Å². The van der Waals surface area contributed by atoms with Gasteiger partial charge in [0.1, 0.15) is 5.82 Å². The van der Waals surface area contributed by atoms with Gasteiger partial charge in [0, 0.05) is 12.4 Å². The van der Waals surface area contributed by atoms with Crippen LogP contribution in [0.3, 0.4) is 0 Å². The van der Waals surface area contributed by atoms with Crippen molar-refractivity contribution in [3.63, 3.8) is 0 Å². The van der Waals surface area contributed by atoms with Crippen LogP contribution in [0.2, 0.25) is 0 Å². The van der Waals surface area contributed by atoms with E-state index in [0.29, 0.717) is 24.0 Å². The highest BCUT2D eigenvalue weighted by molar-refractivity contribution is 9.10. The summed E-state index contributed by atoms with van der Waals surface area (Å²) in [6, 6.07) is 14.7. The molecule has 0 aliphatic rings. The Bertz CT molecular complexity index is 1180. The van der Waals surface area contributed by atoms with Gasteiger partial charge < -0.3 is 10.6 Å². The van der Waals surface area contributed by atoms with Crippen molar-refractivity contribution in [3.8, 4) is 0 Å². The summed E-state index contributed by atoms with van der Waals surface area (Å²) < 4.78 is 17.4. The molecule has 2 aromatic carbocycles. The summed E-state index contributed by atoms with van der Waals surface area (Å²) in [6.45, 7) is 3.27. The van der Waals surface area contributed by atoms with Crippen molar-refractivity contribution >= 4 is 44.8 Å². The molecule has 0 amide bonds. The zero-order chi connectivity index (χ0) is 21.8. The SMILES string of the molecule is Cc1ccc(Cn2cc(NC(=S)Nc3nn(Cc4ccc(F)cc4)cc3Br)cn2)cc1. The van der Waals surface area contributed by atoms with Crippen molar-refractivity contribution in [2.45, 2.75) is 20.0 Å². The number of halogens is 2. The Labute approximate surface area is 193 Å². The third-order valence-corrected chi connectivity index (χ3v) is 5.35. The fourth-order valence-corrected chi connectivity index (χ4v) is 3.63. The van der Waals surface area contributed by atoms with E-state index < -0.39 is 0 Å². The molecule has 6 nitrogen and oxygen atoms in total. The lowest BCUT2D eigenvalue weighted by Gasteiger charge is -2.07. The normalized spacial score (nSPS) is 10.8. The molecule has 0 aliphatic heterocycles. The molecule has 2 aromatic heterocycles. The molecule has 0 fully saturated rings. The van der Waals surface area contributed by atoms with E-state index >= 15 is 0 Å². The minimum absolute atomic E-state index is 0.258. The lowest BCUT2D eigenvalue weighted by Crippen LogP contribution is -2.19. The van der Waals surface area contributed by atoms with Gasteiger partial charge in [0.05, 0.1) is 29.4 Å². The van der Waals surface area contributed by atoms with Crippen LogP contribution in [-0.4, -0.2) is 24.7 Å². The summed E-state index contributed by atoms with van der Waals surface area (Å²) in [5.74, 6) is 0.332. The summed E-state index contributed by atoms with van der Waals surface area (Å²) in [4.78, 5) is 0. The zero-order valence-corrected chi connectivity index (χ0v) is 19.1. The minimum Gasteiger partial charge on any atom is -0.330 e. The number of anilines is 2. The molecule has 158 valence electrons. The second-order valence-corrected chi connectivity index (χ2v) is 8.40. The number of nitrogens with zero attached hydrogens (tertiary/aromatic N) is 4. The maximum Gasteiger partial charge on any atom is 0.176 e. The predicted molar refractivity (Wildman–Crippen MR) is 128 cm³/mol. The van der Waals surface area contributed by atoms with E-state index in [4.69, 9.17) is 12.2 Å². The molecular formula is C22H20BrFN6S. The van der Waals surface area contributed by atoms with Gasteiger partial charge in [-0.2, -0.15) is 10.2 Å². The second-order valence-electron chi connectivity index (χ2n) is 7.14. The topological polar surface area (TPSA) is 59.7 Å². The van der Waals surface area contributed by atoms with Crippen molar-refractivity contribution < 1.29 is 4.39 Å². The molecule has 0 spiro atoms. The van der Waals surface area contributed by atoms with Gasteiger partial charge in [-0.05, 0) is 58.3 Å². The van der Waals surface area contributed by atoms with Crippen LogP contribution in [0.4, 0.5) is 15.9 Å². The molecule has 4 rings (SSSR count). The lowest BCUT2D eigenvalue weighted by molar-refractivity contribution is 0.624. The highest BCUT2D eigenvalue weighted by Gasteiger charge is 2.10. The molecule has 0 saturated carbocycles. The Balaban J connectivity index is 1.34. The first-order chi connectivity index (χ1) is 14.9. The van der Waals surface area contributed by atoms with Crippen molar-refractivity contribution in [2.24, 2.45) is 0 Å². The molecule has 0 aliphatic carbocycles. The van der Waals surface area contributed by atoms with Gasteiger partial charge in [-0.3, -0.25) is 9.36 Å².